The number of rotatable bonds is 19. The molecular formula is C32H54Br2N2O2. The minimum absolute atomic E-state index is 0. The maximum absolute atomic E-state index is 10.5. The largest absolute Gasteiger partial charge is 1.00 e. The molecule has 0 saturated heterocycles. The van der Waals surface area contributed by atoms with E-state index in [2.05, 4.69) is 72.0 Å². The number of hydrogen-bond donors (Lipinski definition) is 2. The van der Waals surface area contributed by atoms with Gasteiger partial charge in [-0.25, -0.2) is 9.13 Å². The number of halogens is 2. The Labute approximate surface area is 254 Å². The van der Waals surface area contributed by atoms with Crippen LogP contribution in [0, 0.1) is 0 Å². The van der Waals surface area contributed by atoms with Crippen LogP contribution in [0.2, 0.25) is 0 Å². The molecule has 0 aromatic carbocycles. The van der Waals surface area contributed by atoms with Gasteiger partial charge in [-0.05, 0) is 50.7 Å². The highest BCUT2D eigenvalue weighted by Crippen LogP contribution is 2.25. The van der Waals surface area contributed by atoms with Crippen molar-refractivity contribution in [3.63, 3.8) is 0 Å². The van der Waals surface area contributed by atoms with Crippen LogP contribution < -0.4 is 43.1 Å². The van der Waals surface area contributed by atoms with Crippen molar-refractivity contribution in [2.75, 3.05) is 0 Å². The highest BCUT2D eigenvalue weighted by atomic mass is 79.9. The molecule has 0 amide bonds. The summed E-state index contributed by atoms with van der Waals surface area (Å²) in [5.74, 6) is 0. The normalized spacial score (nSPS) is 14.2. The third-order valence-electron chi connectivity index (χ3n) is 7.58. The summed E-state index contributed by atoms with van der Waals surface area (Å²) in [6, 6.07) is 8.29. The van der Waals surface area contributed by atoms with Crippen molar-refractivity contribution in [1.82, 2.24) is 0 Å². The van der Waals surface area contributed by atoms with E-state index >= 15 is 0 Å². The summed E-state index contributed by atoms with van der Waals surface area (Å²) in [4.78, 5) is 0. The lowest BCUT2D eigenvalue weighted by Gasteiger charge is -2.22. The number of aliphatic hydroxyl groups is 2. The van der Waals surface area contributed by atoms with Crippen molar-refractivity contribution in [3.05, 3.63) is 60.2 Å². The molecule has 2 atom stereocenters. The average molecular weight is 659 g/mol. The molecule has 2 rings (SSSR count). The predicted molar refractivity (Wildman–Crippen MR) is 148 cm³/mol. The number of nitrogens with zero attached hydrogens (tertiary/aromatic N) is 2. The van der Waals surface area contributed by atoms with Crippen LogP contribution in [-0.4, -0.2) is 10.2 Å². The van der Waals surface area contributed by atoms with Gasteiger partial charge in [-0.15, -0.1) is 0 Å². The lowest BCUT2D eigenvalue weighted by atomic mass is 9.92. The molecule has 0 aliphatic carbocycles. The monoisotopic (exact) mass is 656 g/mol. The fraction of sp³-hybridized carbons (Fsp3) is 0.688. The van der Waals surface area contributed by atoms with Gasteiger partial charge in [0.05, 0.1) is 11.2 Å². The Morgan fingerprint density at radius 2 is 0.789 bits per heavy atom. The molecule has 0 saturated carbocycles. The van der Waals surface area contributed by atoms with Gasteiger partial charge in [-0.2, -0.15) is 0 Å². The molecule has 6 heteroatoms. The van der Waals surface area contributed by atoms with Crippen molar-refractivity contribution in [3.8, 4) is 0 Å². The topological polar surface area (TPSA) is 48.2 Å². The van der Waals surface area contributed by atoms with E-state index in [9.17, 15) is 10.2 Å². The lowest BCUT2D eigenvalue weighted by Crippen LogP contribution is -3.00. The van der Waals surface area contributed by atoms with Crippen LogP contribution in [0.15, 0.2) is 49.1 Å². The second-order valence-electron chi connectivity index (χ2n) is 11.2. The van der Waals surface area contributed by atoms with E-state index in [4.69, 9.17) is 0 Å². The van der Waals surface area contributed by atoms with Gasteiger partial charge in [0.2, 0.25) is 0 Å². The summed E-state index contributed by atoms with van der Waals surface area (Å²) in [6.07, 6.45) is 25.2. The number of hydrogen-bond acceptors (Lipinski definition) is 2. The zero-order valence-corrected chi connectivity index (χ0v) is 27.6. The first-order chi connectivity index (χ1) is 17.3. The number of pyridine rings is 2. The fourth-order valence-electron chi connectivity index (χ4n) is 5.20. The van der Waals surface area contributed by atoms with E-state index in [1.165, 1.54) is 64.2 Å². The van der Waals surface area contributed by atoms with Crippen molar-refractivity contribution in [2.45, 2.75) is 142 Å². The molecule has 2 aromatic rings. The molecule has 38 heavy (non-hydrogen) atoms. The Morgan fingerprint density at radius 1 is 0.526 bits per heavy atom. The van der Waals surface area contributed by atoms with Gasteiger partial charge in [-0.1, -0.05) is 65.2 Å². The Morgan fingerprint density at radius 3 is 1.05 bits per heavy atom. The van der Waals surface area contributed by atoms with Gasteiger partial charge in [-0.3, -0.25) is 0 Å². The molecule has 0 bridgehead atoms. The summed E-state index contributed by atoms with van der Waals surface area (Å²) in [7, 11) is 0. The molecule has 0 radical (unpaired) electrons. The van der Waals surface area contributed by atoms with Crippen LogP contribution >= 0.6 is 0 Å². The molecule has 0 fully saturated rings. The van der Waals surface area contributed by atoms with Crippen molar-refractivity contribution in [1.29, 1.82) is 0 Å². The minimum Gasteiger partial charge on any atom is -1.00 e. The summed E-state index contributed by atoms with van der Waals surface area (Å²) in [5, 5.41) is 21.1. The predicted octanol–water partition coefficient (Wildman–Crippen LogP) is 0.886. The third-order valence-corrected chi connectivity index (χ3v) is 7.58. The standard InChI is InChI=1S/C32H54N2O2.2BrH/c1-5-21-31(3,35)29-17-25-33(26-18-29)23-15-13-11-9-7-8-10-12-14-16-24-34-27-19-30(20-28-34)32(4,36)22-6-2;;/h17-20,25-28,35-36H,5-16,21-24H2,1-4H3;2*1H/q+2;;/p-2. The summed E-state index contributed by atoms with van der Waals surface area (Å²) in [5.41, 5.74) is 0.616. The molecule has 2 heterocycles. The molecule has 4 nitrogen and oxygen atoms in total. The van der Waals surface area contributed by atoms with Crippen LogP contribution in [0.4, 0.5) is 0 Å². The summed E-state index contributed by atoms with van der Waals surface area (Å²) < 4.78 is 4.49. The van der Waals surface area contributed by atoms with E-state index < -0.39 is 11.2 Å². The molecule has 0 spiro atoms. The summed E-state index contributed by atoms with van der Waals surface area (Å²) in [6.45, 7) is 10.2. The lowest BCUT2D eigenvalue weighted by molar-refractivity contribution is -0.697. The van der Waals surface area contributed by atoms with Crippen LogP contribution in [-0.2, 0) is 24.3 Å². The van der Waals surface area contributed by atoms with Gasteiger partial charge in [0.15, 0.2) is 24.8 Å². The quantitative estimate of drug-likeness (QED) is 0.174. The number of aryl methyl sites for hydroxylation is 2. The second-order valence-corrected chi connectivity index (χ2v) is 11.2. The molecule has 2 N–H and O–H groups in total. The zero-order chi connectivity index (χ0) is 26.3. The average Bonchev–Trinajstić information content (AvgIpc) is 2.85. The highest BCUT2D eigenvalue weighted by Gasteiger charge is 2.23. The minimum atomic E-state index is -0.711. The maximum atomic E-state index is 10.5. The van der Waals surface area contributed by atoms with Gasteiger partial charge in [0.1, 0.15) is 13.1 Å². The number of aromatic nitrogens is 2. The van der Waals surface area contributed by atoms with Crippen LogP contribution in [0.5, 0.6) is 0 Å². The van der Waals surface area contributed by atoms with Crippen LogP contribution in [0.3, 0.4) is 0 Å². The van der Waals surface area contributed by atoms with Crippen LogP contribution in [0.1, 0.15) is 129 Å². The Hall–Kier alpha value is -0.820. The van der Waals surface area contributed by atoms with Gasteiger partial charge in [0, 0.05) is 37.1 Å². The van der Waals surface area contributed by atoms with Gasteiger partial charge >= 0.3 is 0 Å². The first-order valence-corrected chi connectivity index (χ1v) is 14.7. The molecule has 0 aliphatic rings. The smallest absolute Gasteiger partial charge is 0.169 e. The van der Waals surface area contributed by atoms with Crippen molar-refractivity contribution < 1.29 is 53.3 Å². The summed E-state index contributed by atoms with van der Waals surface area (Å²) >= 11 is 0. The van der Waals surface area contributed by atoms with E-state index in [0.29, 0.717) is 0 Å². The highest BCUT2D eigenvalue weighted by molar-refractivity contribution is 5.16. The fourth-order valence-corrected chi connectivity index (χ4v) is 5.20. The Bertz CT molecular complexity index is 768. The second kappa shape index (κ2) is 20.1. The zero-order valence-electron chi connectivity index (χ0n) is 24.5. The SMILES string of the molecule is CCCC(C)(O)c1cc[n+](CCCCCCCCCCCC[n+]2ccc(C(C)(O)CCC)cc2)cc1.[Br-].[Br-]. The van der Waals surface area contributed by atoms with E-state index in [-0.39, 0.29) is 34.0 Å². The van der Waals surface area contributed by atoms with E-state index in [1.54, 1.807) is 0 Å². The molecule has 0 aliphatic heterocycles. The molecule has 218 valence electrons. The third kappa shape index (κ3) is 14.0. The van der Waals surface area contributed by atoms with Crippen molar-refractivity contribution in [2.24, 2.45) is 0 Å². The molecular weight excluding hydrogens is 604 g/mol. The first kappa shape index (κ1) is 37.2. The van der Waals surface area contributed by atoms with Gasteiger partial charge in [0.25, 0.3) is 0 Å². The van der Waals surface area contributed by atoms with Crippen molar-refractivity contribution >= 4 is 0 Å². The maximum Gasteiger partial charge on any atom is 0.169 e. The molecule has 2 aromatic heterocycles. The van der Waals surface area contributed by atoms with E-state index in [0.717, 1.165) is 49.9 Å². The first-order valence-electron chi connectivity index (χ1n) is 14.7. The van der Waals surface area contributed by atoms with E-state index in [1.807, 2.05) is 13.8 Å². The van der Waals surface area contributed by atoms with Gasteiger partial charge < -0.3 is 44.2 Å². The number of unbranched alkanes of at least 4 members (excludes halogenated alkanes) is 9. The Kier molecular flexibility index (Phi) is 19.7. The van der Waals surface area contributed by atoms with Crippen LogP contribution in [0.25, 0.3) is 0 Å². The Balaban J connectivity index is 0.00000684. The molecule has 2 unspecified atom stereocenters.